The zero-order valence-corrected chi connectivity index (χ0v) is 12.0. The molecule has 2 rings (SSSR count). The van der Waals surface area contributed by atoms with Crippen molar-refractivity contribution in [1.29, 1.82) is 0 Å². The molecular formula is C14H17BrO2. The molecule has 2 nitrogen and oxygen atoms in total. The van der Waals surface area contributed by atoms with E-state index in [1.54, 1.807) is 7.11 Å². The fraction of sp³-hybridized carbons (Fsp3) is 0.429. The van der Waals surface area contributed by atoms with Crippen molar-refractivity contribution in [3.05, 3.63) is 29.8 Å². The Bertz CT molecular complexity index is 450. The third-order valence-electron chi connectivity index (χ3n) is 2.84. The van der Waals surface area contributed by atoms with Crippen LogP contribution in [0.3, 0.4) is 0 Å². The molecule has 1 aliphatic rings. The van der Waals surface area contributed by atoms with Crippen LogP contribution in [0.15, 0.2) is 24.3 Å². The number of methoxy groups -OCH3 is 1. The molecule has 0 N–H and O–H groups in total. The van der Waals surface area contributed by atoms with Crippen LogP contribution in [0, 0.1) is 5.41 Å². The molecule has 1 heterocycles. The monoisotopic (exact) mass is 296 g/mol. The van der Waals surface area contributed by atoms with Crippen molar-refractivity contribution in [1.82, 2.24) is 0 Å². The maximum absolute atomic E-state index is 5.92. The first-order valence-corrected chi connectivity index (χ1v) is 6.77. The summed E-state index contributed by atoms with van der Waals surface area (Å²) in [5.41, 5.74) is 2.40. The van der Waals surface area contributed by atoms with Gasteiger partial charge in [0, 0.05) is 16.3 Å². The Morgan fingerprint density at radius 1 is 1.41 bits per heavy atom. The highest BCUT2D eigenvalue weighted by molar-refractivity contribution is 9.09. The third kappa shape index (κ3) is 2.49. The highest BCUT2D eigenvalue weighted by atomic mass is 79.9. The van der Waals surface area contributed by atoms with Crippen LogP contribution < -0.4 is 9.47 Å². The van der Waals surface area contributed by atoms with Crippen LogP contribution in [0.4, 0.5) is 0 Å². The minimum Gasteiger partial charge on any atom is -0.493 e. The van der Waals surface area contributed by atoms with E-state index < -0.39 is 0 Å². The van der Waals surface area contributed by atoms with E-state index in [1.165, 1.54) is 5.57 Å². The fourth-order valence-corrected chi connectivity index (χ4v) is 2.50. The van der Waals surface area contributed by atoms with Crippen molar-refractivity contribution in [3.63, 3.8) is 0 Å². The Kier molecular flexibility index (Phi) is 3.48. The van der Waals surface area contributed by atoms with E-state index in [1.807, 2.05) is 12.1 Å². The molecule has 0 atom stereocenters. The quantitative estimate of drug-likeness (QED) is 0.771. The van der Waals surface area contributed by atoms with Crippen molar-refractivity contribution in [2.24, 2.45) is 5.41 Å². The highest BCUT2D eigenvalue weighted by Crippen LogP contribution is 2.41. The predicted octanol–water partition coefficient (Wildman–Crippen LogP) is 3.89. The number of para-hydroxylation sites is 1. The first-order valence-electron chi connectivity index (χ1n) is 5.65. The Balaban J connectivity index is 2.56. The molecule has 1 aromatic rings. The van der Waals surface area contributed by atoms with Gasteiger partial charge in [-0.1, -0.05) is 48.0 Å². The van der Waals surface area contributed by atoms with Crippen molar-refractivity contribution in [2.75, 3.05) is 19.0 Å². The third-order valence-corrected chi connectivity index (χ3v) is 3.45. The number of allylic oxidation sites excluding steroid dienone is 1. The van der Waals surface area contributed by atoms with Crippen molar-refractivity contribution in [2.45, 2.75) is 13.8 Å². The number of halogens is 1. The number of hydrogen-bond acceptors (Lipinski definition) is 2. The largest absolute Gasteiger partial charge is 0.493 e. The summed E-state index contributed by atoms with van der Waals surface area (Å²) in [6, 6.07) is 6.01. The molecule has 3 heteroatoms. The summed E-state index contributed by atoms with van der Waals surface area (Å²) in [6.07, 6.45) is 2.27. The molecule has 0 spiro atoms. The lowest BCUT2D eigenvalue weighted by Crippen LogP contribution is -2.17. The molecule has 0 bridgehead atoms. The zero-order chi connectivity index (χ0) is 12.5. The molecule has 17 heavy (non-hydrogen) atoms. The van der Waals surface area contributed by atoms with Gasteiger partial charge in [0.05, 0.1) is 13.7 Å². The van der Waals surface area contributed by atoms with Gasteiger partial charge < -0.3 is 9.47 Å². The average molecular weight is 297 g/mol. The highest BCUT2D eigenvalue weighted by Gasteiger charge is 2.25. The minimum atomic E-state index is 0.0349. The minimum absolute atomic E-state index is 0.0349. The van der Waals surface area contributed by atoms with E-state index in [4.69, 9.17) is 9.47 Å². The number of rotatable bonds is 2. The molecule has 92 valence electrons. The van der Waals surface area contributed by atoms with Gasteiger partial charge in [0.1, 0.15) is 0 Å². The first-order chi connectivity index (χ1) is 8.07. The molecule has 0 unspecified atom stereocenters. The molecule has 0 aromatic heterocycles. The standard InChI is InChI=1S/C14H17BrO2/c1-14(2)7-10(8-15)11-5-4-6-12(16-3)13(11)17-9-14/h4-7H,8-9H2,1-3H3. The SMILES string of the molecule is COc1cccc2c1OCC(C)(C)C=C2CBr. The van der Waals surface area contributed by atoms with E-state index in [0.29, 0.717) is 6.61 Å². The number of ether oxygens (including phenoxy) is 2. The summed E-state index contributed by atoms with van der Waals surface area (Å²) in [5, 5.41) is 0.819. The first kappa shape index (κ1) is 12.5. The van der Waals surface area contributed by atoms with Crippen LogP contribution in [0.5, 0.6) is 11.5 Å². The number of benzene rings is 1. The Labute approximate surface area is 111 Å². The van der Waals surface area contributed by atoms with Crippen LogP contribution in [0.1, 0.15) is 19.4 Å². The van der Waals surface area contributed by atoms with E-state index >= 15 is 0 Å². The summed E-state index contributed by atoms with van der Waals surface area (Å²) < 4.78 is 11.3. The van der Waals surface area contributed by atoms with Gasteiger partial charge in [-0.3, -0.25) is 0 Å². The molecular weight excluding hydrogens is 280 g/mol. The smallest absolute Gasteiger partial charge is 0.168 e. The topological polar surface area (TPSA) is 18.5 Å². The number of hydrogen-bond donors (Lipinski definition) is 0. The van der Waals surface area contributed by atoms with E-state index in [9.17, 15) is 0 Å². The van der Waals surface area contributed by atoms with Gasteiger partial charge in [-0.2, -0.15) is 0 Å². The lowest BCUT2D eigenvalue weighted by atomic mass is 9.91. The van der Waals surface area contributed by atoms with Gasteiger partial charge in [-0.15, -0.1) is 0 Å². The van der Waals surface area contributed by atoms with Crippen molar-refractivity contribution >= 4 is 21.5 Å². The van der Waals surface area contributed by atoms with Crippen molar-refractivity contribution < 1.29 is 9.47 Å². The summed E-state index contributed by atoms with van der Waals surface area (Å²) >= 11 is 3.55. The second-order valence-corrected chi connectivity index (χ2v) is 5.48. The van der Waals surface area contributed by atoms with E-state index in [-0.39, 0.29) is 5.41 Å². The maximum Gasteiger partial charge on any atom is 0.168 e. The Morgan fingerprint density at radius 2 is 2.18 bits per heavy atom. The molecule has 1 aliphatic heterocycles. The molecule has 0 saturated carbocycles. The normalized spacial score (nSPS) is 17.5. The van der Waals surface area contributed by atoms with Gasteiger partial charge in [0.15, 0.2) is 11.5 Å². The van der Waals surface area contributed by atoms with Crippen LogP contribution in [-0.2, 0) is 0 Å². The average Bonchev–Trinajstić information content (AvgIpc) is 2.45. The Hall–Kier alpha value is -0.960. The molecule has 1 aromatic carbocycles. The van der Waals surface area contributed by atoms with Gasteiger partial charge in [0.25, 0.3) is 0 Å². The molecule has 0 aliphatic carbocycles. The van der Waals surface area contributed by atoms with Crippen LogP contribution in [0.25, 0.3) is 5.57 Å². The van der Waals surface area contributed by atoms with E-state index in [2.05, 4.69) is 41.9 Å². The number of fused-ring (bicyclic) bond motifs is 1. The van der Waals surface area contributed by atoms with Crippen LogP contribution >= 0.6 is 15.9 Å². The summed E-state index contributed by atoms with van der Waals surface area (Å²) in [4.78, 5) is 0. The predicted molar refractivity (Wildman–Crippen MR) is 74.0 cm³/mol. The fourth-order valence-electron chi connectivity index (χ4n) is 2.04. The summed E-state index contributed by atoms with van der Waals surface area (Å²) in [7, 11) is 1.67. The van der Waals surface area contributed by atoms with Gasteiger partial charge in [-0.05, 0) is 11.6 Å². The second-order valence-electron chi connectivity index (χ2n) is 4.92. The van der Waals surface area contributed by atoms with Crippen LogP contribution in [0.2, 0.25) is 0 Å². The summed E-state index contributed by atoms with van der Waals surface area (Å²) in [5.74, 6) is 1.65. The lowest BCUT2D eigenvalue weighted by Gasteiger charge is -2.19. The van der Waals surface area contributed by atoms with E-state index in [0.717, 1.165) is 22.4 Å². The molecule has 0 radical (unpaired) electrons. The van der Waals surface area contributed by atoms with Gasteiger partial charge in [0.2, 0.25) is 0 Å². The number of alkyl halides is 1. The Morgan fingerprint density at radius 3 is 2.82 bits per heavy atom. The molecule has 0 saturated heterocycles. The second kappa shape index (κ2) is 4.73. The van der Waals surface area contributed by atoms with Gasteiger partial charge in [-0.25, -0.2) is 0 Å². The molecule has 0 amide bonds. The maximum atomic E-state index is 5.92. The lowest BCUT2D eigenvalue weighted by molar-refractivity contribution is 0.216. The van der Waals surface area contributed by atoms with Crippen molar-refractivity contribution in [3.8, 4) is 11.5 Å². The molecule has 0 fully saturated rings. The van der Waals surface area contributed by atoms with Gasteiger partial charge >= 0.3 is 0 Å². The summed E-state index contributed by atoms with van der Waals surface area (Å²) in [6.45, 7) is 5.01. The van der Waals surface area contributed by atoms with Crippen LogP contribution in [-0.4, -0.2) is 19.0 Å². The zero-order valence-electron chi connectivity index (χ0n) is 10.4.